The summed E-state index contributed by atoms with van der Waals surface area (Å²) in [6.07, 6.45) is 1.66. The van der Waals surface area contributed by atoms with Crippen molar-refractivity contribution in [2.45, 2.75) is 13.5 Å². The van der Waals surface area contributed by atoms with Gasteiger partial charge in [0.2, 0.25) is 5.91 Å². The molecular formula is C20H19N5O2. The lowest BCUT2D eigenvalue weighted by atomic mass is 10.0. The molecule has 2 aromatic carbocycles. The Labute approximate surface area is 155 Å². The summed E-state index contributed by atoms with van der Waals surface area (Å²) < 4.78 is 0. The molecule has 1 aromatic heterocycles. The fraction of sp³-hybridized carbons (Fsp3) is 0.150. The number of anilines is 1. The third-order valence-electron chi connectivity index (χ3n) is 4.46. The molecule has 0 fully saturated rings. The van der Waals surface area contributed by atoms with E-state index in [1.54, 1.807) is 12.3 Å². The van der Waals surface area contributed by atoms with E-state index < -0.39 is 0 Å². The van der Waals surface area contributed by atoms with Crippen LogP contribution in [0.15, 0.2) is 41.5 Å². The fourth-order valence-electron chi connectivity index (χ4n) is 3.43. The van der Waals surface area contributed by atoms with Gasteiger partial charge in [-0.2, -0.15) is 5.10 Å². The molecule has 0 radical (unpaired) electrons. The van der Waals surface area contributed by atoms with E-state index in [4.69, 9.17) is 0 Å². The van der Waals surface area contributed by atoms with Crippen LogP contribution in [0.2, 0.25) is 0 Å². The van der Waals surface area contributed by atoms with Crippen LogP contribution in [-0.4, -0.2) is 30.1 Å². The number of H-pyrrole nitrogens is 1. The number of hydrazone groups is 1. The third kappa shape index (κ3) is 3.09. The number of hydrogen-bond acceptors (Lipinski definition) is 4. The second kappa shape index (κ2) is 6.69. The molecule has 0 spiro atoms. The van der Waals surface area contributed by atoms with Gasteiger partial charge in [-0.15, -0.1) is 0 Å². The average Bonchev–Trinajstić information content (AvgIpc) is 2.90. The Morgan fingerprint density at radius 2 is 2.07 bits per heavy atom. The van der Waals surface area contributed by atoms with Gasteiger partial charge in [-0.3, -0.25) is 9.59 Å². The van der Waals surface area contributed by atoms with Crippen LogP contribution < -0.4 is 16.1 Å². The van der Waals surface area contributed by atoms with Crippen LogP contribution in [0, 0.1) is 0 Å². The van der Waals surface area contributed by atoms with Crippen molar-refractivity contribution in [2.75, 3.05) is 12.4 Å². The van der Waals surface area contributed by atoms with Crippen LogP contribution in [0.1, 0.15) is 28.4 Å². The molecule has 0 unspecified atom stereocenters. The molecule has 3 aromatic rings. The first-order chi connectivity index (χ1) is 13.1. The van der Waals surface area contributed by atoms with E-state index in [2.05, 4.69) is 38.3 Å². The number of aromatic amines is 1. The van der Waals surface area contributed by atoms with E-state index in [0.717, 1.165) is 39.8 Å². The Morgan fingerprint density at radius 1 is 1.22 bits per heavy atom. The second-order valence-corrected chi connectivity index (χ2v) is 6.47. The smallest absolute Gasteiger partial charge is 0.272 e. The molecule has 2 amide bonds. The van der Waals surface area contributed by atoms with Crippen LogP contribution in [-0.2, 0) is 11.3 Å². The highest BCUT2D eigenvalue weighted by molar-refractivity contribution is 6.18. The van der Waals surface area contributed by atoms with Crippen molar-refractivity contribution in [1.29, 1.82) is 0 Å². The van der Waals surface area contributed by atoms with Gasteiger partial charge in [0.25, 0.3) is 5.91 Å². The zero-order chi connectivity index (χ0) is 19.0. The van der Waals surface area contributed by atoms with Crippen molar-refractivity contribution in [3.05, 3.63) is 53.1 Å². The first-order valence-electron chi connectivity index (χ1n) is 8.61. The summed E-state index contributed by atoms with van der Waals surface area (Å²) in [5.74, 6) is -0.504. The van der Waals surface area contributed by atoms with Gasteiger partial charge in [-0.25, -0.2) is 5.43 Å². The minimum absolute atomic E-state index is 0.196. The molecule has 0 aliphatic carbocycles. The number of aromatic nitrogens is 1. The van der Waals surface area contributed by atoms with Crippen LogP contribution in [0.3, 0.4) is 0 Å². The van der Waals surface area contributed by atoms with Gasteiger partial charge in [0.15, 0.2) is 0 Å². The molecule has 7 nitrogen and oxygen atoms in total. The molecule has 136 valence electrons. The number of carbonyl (C=O) groups excluding carboxylic acids is 2. The predicted octanol–water partition coefficient (Wildman–Crippen LogP) is 2.59. The van der Waals surface area contributed by atoms with Gasteiger partial charge in [-0.1, -0.05) is 18.2 Å². The summed E-state index contributed by atoms with van der Waals surface area (Å²) in [7, 11) is 1.91. The lowest BCUT2D eigenvalue weighted by molar-refractivity contribution is -0.114. The van der Waals surface area contributed by atoms with Crippen molar-refractivity contribution in [3.8, 4) is 11.3 Å². The molecule has 2 heterocycles. The van der Waals surface area contributed by atoms with E-state index in [0.29, 0.717) is 11.3 Å². The number of nitrogens with one attached hydrogen (secondary N) is 4. The molecular weight excluding hydrogens is 342 g/mol. The minimum Gasteiger partial charge on any atom is -0.354 e. The van der Waals surface area contributed by atoms with Crippen molar-refractivity contribution in [1.82, 2.24) is 15.7 Å². The van der Waals surface area contributed by atoms with E-state index in [1.165, 1.54) is 6.92 Å². The molecule has 1 aliphatic rings. The van der Waals surface area contributed by atoms with Crippen molar-refractivity contribution in [2.24, 2.45) is 5.10 Å². The minimum atomic E-state index is -0.309. The highest BCUT2D eigenvalue weighted by atomic mass is 16.2. The van der Waals surface area contributed by atoms with Crippen LogP contribution in [0.4, 0.5) is 5.69 Å². The van der Waals surface area contributed by atoms with Crippen molar-refractivity contribution >= 4 is 34.6 Å². The first kappa shape index (κ1) is 17.0. The fourth-order valence-corrected chi connectivity index (χ4v) is 3.43. The predicted molar refractivity (Wildman–Crippen MR) is 106 cm³/mol. The summed E-state index contributed by atoms with van der Waals surface area (Å²) in [6.45, 7) is 2.19. The maximum Gasteiger partial charge on any atom is 0.272 e. The first-order valence-corrected chi connectivity index (χ1v) is 8.61. The number of rotatable bonds is 4. The maximum atomic E-state index is 12.5. The van der Waals surface area contributed by atoms with Gasteiger partial charge in [0.05, 0.1) is 17.5 Å². The number of amides is 2. The van der Waals surface area contributed by atoms with Gasteiger partial charge >= 0.3 is 0 Å². The van der Waals surface area contributed by atoms with Crippen LogP contribution >= 0.6 is 0 Å². The lowest BCUT2D eigenvalue weighted by Crippen LogP contribution is -2.17. The Balaban J connectivity index is 1.96. The Hall–Kier alpha value is -3.45. The largest absolute Gasteiger partial charge is 0.354 e. The second-order valence-electron chi connectivity index (χ2n) is 6.47. The molecule has 0 atom stereocenters. The van der Waals surface area contributed by atoms with Crippen molar-refractivity contribution < 1.29 is 9.59 Å². The van der Waals surface area contributed by atoms with Gasteiger partial charge in [-0.05, 0) is 36.4 Å². The number of benzene rings is 2. The molecule has 0 saturated carbocycles. The number of hydrogen-bond donors (Lipinski definition) is 4. The molecule has 7 heteroatoms. The zero-order valence-corrected chi connectivity index (χ0v) is 15.0. The molecule has 4 rings (SSSR count). The lowest BCUT2D eigenvalue weighted by Gasteiger charge is -2.06. The summed E-state index contributed by atoms with van der Waals surface area (Å²) in [4.78, 5) is 27.3. The molecule has 0 bridgehead atoms. The van der Waals surface area contributed by atoms with E-state index in [-0.39, 0.29) is 11.8 Å². The SMILES string of the molecule is CNCc1cccc(-c2[nH]c3cc(NC(C)=O)cc4c3c2C=NNC4=O)c1. The Morgan fingerprint density at radius 3 is 2.85 bits per heavy atom. The van der Waals surface area contributed by atoms with Crippen LogP contribution in [0.25, 0.3) is 22.2 Å². The summed E-state index contributed by atoms with van der Waals surface area (Å²) in [5.41, 5.74) is 8.20. The summed E-state index contributed by atoms with van der Waals surface area (Å²) in [5, 5.41) is 10.7. The highest BCUT2D eigenvalue weighted by Crippen LogP contribution is 2.34. The number of carbonyl (C=O) groups is 2. The summed E-state index contributed by atoms with van der Waals surface area (Å²) >= 11 is 0. The maximum absolute atomic E-state index is 12.5. The topological polar surface area (TPSA) is 98.4 Å². The monoisotopic (exact) mass is 361 g/mol. The van der Waals surface area contributed by atoms with E-state index >= 15 is 0 Å². The molecule has 1 aliphatic heterocycles. The van der Waals surface area contributed by atoms with Gasteiger partial charge in [0, 0.05) is 35.6 Å². The van der Waals surface area contributed by atoms with E-state index in [9.17, 15) is 9.59 Å². The summed E-state index contributed by atoms with van der Waals surface area (Å²) in [6, 6.07) is 11.7. The Kier molecular flexibility index (Phi) is 4.21. The molecule has 4 N–H and O–H groups in total. The normalized spacial score (nSPS) is 12.7. The third-order valence-corrected chi connectivity index (χ3v) is 4.46. The Bertz CT molecular complexity index is 1100. The quantitative estimate of drug-likeness (QED) is 0.575. The van der Waals surface area contributed by atoms with Crippen LogP contribution in [0.5, 0.6) is 0 Å². The zero-order valence-electron chi connectivity index (χ0n) is 15.0. The highest BCUT2D eigenvalue weighted by Gasteiger charge is 2.22. The van der Waals surface area contributed by atoms with Crippen molar-refractivity contribution in [3.63, 3.8) is 0 Å². The van der Waals surface area contributed by atoms with E-state index in [1.807, 2.05) is 25.2 Å². The molecule has 27 heavy (non-hydrogen) atoms. The molecule has 0 saturated heterocycles. The average molecular weight is 361 g/mol. The van der Waals surface area contributed by atoms with Gasteiger partial charge in [0.1, 0.15) is 0 Å². The number of nitrogens with zero attached hydrogens (tertiary/aromatic N) is 1. The van der Waals surface area contributed by atoms with Gasteiger partial charge < -0.3 is 15.6 Å². The standard InChI is InChI=1S/C20H19N5O2/c1-11(26)23-14-7-15-18-16(10-22-25-20(15)27)19(24-17(18)8-14)13-5-3-4-12(6-13)9-21-2/h3-8,10,21,24H,9H2,1-2H3,(H,23,26)(H,25,27).